The van der Waals surface area contributed by atoms with E-state index in [0.29, 0.717) is 11.3 Å². The zero-order valence-electron chi connectivity index (χ0n) is 15.0. The minimum absolute atomic E-state index is 0.205. The summed E-state index contributed by atoms with van der Waals surface area (Å²) in [5, 5.41) is 0. The summed E-state index contributed by atoms with van der Waals surface area (Å²) in [7, 11) is 1.58. The summed E-state index contributed by atoms with van der Waals surface area (Å²) >= 11 is 0. The summed E-state index contributed by atoms with van der Waals surface area (Å²) in [4.78, 5) is 24.1. The van der Waals surface area contributed by atoms with Crippen molar-refractivity contribution >= 4 is 17.8 Å². The van der Waals surface area contributed by atoms with Crippen LogP contribution in [0.15, 0.2) is 42.5 Å². The number of ether oxygens (including phenoxy) is 2. The third-order valence-corrected chi connectivity index (χ3v) is 3.99. The third kappa shape index (κ3) is 5.05. The van der Waals surface area contributed by atoms with Crippen LogP contribution in [-0.4, -0.2) is 25.5 Å². The van der Waals surface area contributed by atoms with Crippen LogP contribution in [0, 0.1) is 20.8 Å². The summed E-state index contributed by atoms with van der Waals surface area (Å²) in [6, 6.07) is 11.1. The van der Waals surface area contributed by atoms with Crippen molar-refractivity contribution in [3.8, 4) is 5.75 Å². The molecule has 0 unspecified atom stereocenters. The van der Waals surface area contributed by atoms with Crippen molar-refractivity contribution < 1.29 is 19.1 Å². The van der Waals surface area contributed by atoms with Crippen LogP contribution in [0.2, 0.25) is 0 Å². The second-order valence-electron chi connectivity index (χ2n) is 5.89. The molecular formula is C21H22O4. The van der Waals surface area contributed by atoms with Crippen LogP contribution in [0.25, 0.3) is 6.08 Å². The van der Waals surface area contributed by atoms with Crippen LogP contribution in [0.5, 0.6) is 5.75 Å². The molecule has 0 heterocycles. The number of aryl methyl sites for hydroxylation is 3. The number of hydrogen-bond donors (Lipinski definition) is 0. The Labute approximate surface area is 148 Å². The fourth-order valence-corrected chi connectivity index (χ4v) is 2.43. The maximum atomic E-state index is 12.3. The van der Waals surface area contributed by atoms with Crippen LogP contribution in [0.1, 0.15) is 32.6 Å². The Hall–Kier alpha value is -2.88. The summed E-state index contributed by atoms with van der Waals surface area (Å²) < 4.78 is 10.2. The molecule has 0 aliphatic carbocycles. The maximum absolute atomic E-state index is 12.3. The molecule has 4 nitrogen and oxygen atoms in total. The Kier molecular flexibility index (Phi) is 6.12. The molecule has 0 spiro atoms. The molecule has 0 atom stereocenters. The lowest BCUT2D eigenvalue weighted by Crippen LogP contribution is -2.14. The van der Waals surface area contributed by atoms with E-state index in [-0.39, 0.29) is 12.4 Å². The lowest BCUT2D eigenvalue weighted by atomic mass is 9.98. The Balaban J connectivity index is 1.96. The molecule has 0 saturated heterocycles. The Morgan fingerprint density at radius 3 is 2.44 bits per heavy atom. The van der Waals surface area contributed by atoms with Gasteiger partial charge in [0.2, 0.25) is 5.78 Å². The van der Waals surface area contributed by atoms with E-state index in [1.807, 2.05) is 51.1 Å². The van der Waals surface area contributed by atoms with E-state index in [0.717, 1.165) is 22.3 Å². The van der Waals surface area contributed by atoms with Crippen molar-refractivity contribution in [2.24, 2.45) is 0 Å². The van der Waals surface area contributed by atoms with Gasteiger partial charge in [0.25, 0.3) is 0 Å². The lowest BCUT2D eigenvalue weighted by molar-refractivity contribution is -0.136. The van der Waals surface area contributed by atoms with Crippen LogP contribution < -0.4 is 4.74 Å². The van der Waals surface area contributed by atoms with Crippen LogP contribution in [0.4, 0.5) is 0 Å². The number of rotatable bonds is 6. The normalized spacial score (nSPS) is 10.7. The molecule has 0 bridgehead atoms. The highest BCUT2D eigenvalue weighted by Gasteiger charge is 2.12. The average Bonchev–Trinajstić information content (AvgIpc) is 2.61. The molecular weight excluding hydrogens is 316 g/mol. The fourth-order valence-electron chi connectivity index (χ4n) is 2.43. The Morgan fingerprint density at radius 1 is 1.00 bits per heavy atom. The van der Waals surface area contributed by atoms with Gasteiger partial charge < -0.3 is 9.47 Å². The number of carbonyl (C=O) groups is 2. The van der Waals surface area contributed by atoms with Gasteiger partial charge in [0.1, 0.15) is 5.75 Å². The van der Waals surface area contributed by atoms with E-state index in [4.69, 9.17) is 9.47 Å². The molecule has 0 fully saturated rings. The van der Waals surface area contributed by atoms with E-state index >= 15 is 0 Å². The highest BCUT2D eigenvalue weighted by Crippen LogP contribution is 2.16. The van der Waals surface area contributed by atoms with Gasteiger partial charge in [0.05, 0.1) is 7.11 Å². The highest BCUT2D eigenvalue weighted by molar-refractivity contribution is 6.00. The molecule has 4 heteroatoms. The van der Waals surface area contributed by atoms with Gasteiger partial charge in [0, 0.05) is 11.6 Å². The van der Waals surface area contributed by atoms with E-state index in [9.17, 15) is 9.59 Å². The molecule has 2 aromatic rings. The predicted octanol–water partition coefficient (Wildman–Crippen LogP) is 4.06. The van der Waals surface area contributed by atoms with Gasteiger partial charge >= 0.3 is 5.97 Å². The largest absolute Gasteiger partial charge is 0.497 e. The number of hydrogen-bond acceptors (Lipinski definition) is 4. The molecule has 0 aliphatic rings. The zero-order valence-corrected chi connectivity index (χ0v) is 15.0. The smallest absolute Gasteiger partial charge is 0.331 e. The molecule has 2 rings (SSSR count). The predicted molar refractivity (Wildman–Crippen MR) is 98.0 cm³/mol. The lowest BCUT2D eigenvalue weighted by Gasteiger charge is -2.09. The van der Waals surface area contributed by atoms with Crippen molar-refractivity contribution in [3.63, 3.8) is 0 Å². The van der Waals surface area contributed by atoms with Gasteiger partial charge in [-0.25, -0.2) is 4.79 Å². The third-order valence-electron chi connectivity index (χ3n) is 3.99. The zero-order chi connectivity index (χ0) is 18.4. The molecule has 0 radical (unpaired) electrons. The SMILES string of the molecule is COc1cccc(/C=C/C(=O)OCC(=O)c2cc(C)c(C)cc2C)c1. The minimum atomic E-state index is -0.558. The minimum Gasteiger partial charge on any atom is -0.497 e. The van der Waals surface area contributed by atoms with Gasteiger partial charge in [-0.15, -0.1) is 0 Å². The van der Waals surface area contributed by atoms with Crippen molar-refractivity contribution in [1.82, 2.24) is 0 Å². The monoisotopic (exact) mass is 338 g/mol. The van der Waals surface area contributed by atoms with Crippen molar-refractivity contribution in [1.29, 1.82) is 0 Å². The second kappa shape index (κ2) is 8.29. The number of Topliss-reactive ketones (excluding diaryl/α,β-unsaturated/α-hetero) is 1. The first-order valence-electron chi connectivity index (χ1n) is 8.00. The summed E-state index contributed by atoms with van der Waals surface area (Å²) in [6.07, 6.45) is 2.92. The van der Waals surface area contributed by atoms with E-state index in [2.05, 4.69) is 0 Å². The Morgan fingerprint density at radius 2 is 1.72 bits per heavy atom. The number of benzene rings is 2. The summed E-state index contributed by atoms with van der Waals surface area (Å²) in [5.74, 6) is -0.0581. The first kappa shape index (κ1) is 18.5. The number of carbonyl (C=O) groups excluding carboxylic acids is 2. The van der Waals surface area contributed by atoms with Gasteiger partial charge in [-0.3, -0.25) is 4.79 Å². The van der Waals surface area contributed by atoms with E-state index < -0.39 is 5.97 Å². The fraction of sp³-hybridized carbons (Fsp3) is 0.238. The molecule has 0 N–H and O–H groups in total. The molecule has 2 aromatic carbocycles. The molecule has 0 aliphatic heterocycles. The van der Waals surface area contributed by atoms with Crippen LogP contribution >= 0.6 is 0 Å². The van der Waals surface area contributed by atoms with Gasteiger partial charge in [-0.2, -0.15) is 0 Å². The van der Waals surface area contributed by atoms with Crippen LogP contribution in [-0.2, 0) is 9.53 Å². The summed E-state index contributed by atoms with van der Waals surface area (Å²) in [5.41, 5.74) is 4.46. The van der Waals surface area contributed by atoms with E-state index in [1.165, 1.54) is 6.08 Å². The quantitative estimate of drug-likeness (QED) is 0.453. The number of methoxy groups -OCH3 is 1. The molecule has 0 aromatic heterocycles. The molecule has 0 saturated carbocycles. The van der Waals surface area contributed by atoms with Crippen molar-refractivity contribution in [2.45, 2.75) is 20.8 Å². The maximum Gasteiger partial charge on any atom is 0.331 e. The van der Waals surface area contributed by atoms with Gasteiger partial charge in [-0.05, 0) is 67.3 Å². The van der Waals surface area contributed by atoms with E-state index in [1.54, 1.807) is 19.3 Å². The molecule has 130 valence electrons. The van der Waals surface area contributed by atoms with Crippen molar-refractivity contribution in [2.75, 3.05) is 13.7 Å². The van der Waals surface area contributed by atoms with Crippen LogP contribution in [0.3, 0.4) is 0 Å². The number of esters is 1. The number of ketones is 1. The Bertz CT molecular complexity index is 819. The first-order chi connectivity index (χ1) is 11.9. The second-order valence-corrected chi connectivity index (χ2v) is 5.89. The molecule has 0 amide bonds. The standard InChI is InChI=1S/C21H22O4/c1-14-10-16(3)19(11-15(14)2)20(22)13-25-21(23)9-8-17-6-5-7-18(12-17)24-4/h5-12H,13H2,1-4H3/b9-8+. The van der Waals surface area contributed by atoms with Gasteiger partial charge in [-0.1, -0.05) is 18.2 Å². The molecule has 25 heavy (non-hydrogen) atoms. The average molecular weight is 338 g/mol. The van der Waals surface area contributed by atoms with Gasteiger partial charge in [0.15, 0.2) is 6.61 Å². The topological polar surface area (TPSA) is 52.6 Å². The highest BCUT2D eigenvalue weighted by atomic mass is 16.5. The van der Waals surface area contributed by atoms with Crippen molar-refractivity contribution in [3.05, 3.63) is 70.3 Å². The first-order valence-corrected chi connectivity index (χ1v) is 8.00. The summed E-state index contributed by atoms with van der Waals surface area (Å²) in [6.45, 7) is 5.56.